The van der Waals surface area contributed by atoms with Crippen LogP contribution in [0.3, 0.4) is 0 Å². The average molecular weight is 478 g/mol. The topological polar surface area (TPSA) is 63.7 Å². The van der Waals surface area contributed by atoms with E-state index in [1.165, 1.54) is 4.31 Å². The highest BCUT2D eigenvalue weighted by Crippen LogP contribution is 2.44. The summed E-state index contributed by atoms with van der Waals surface area (Å²) in [6.07, 6.45) is 6.90. The third-order valence-corrected chi connectivity index (χ3v) is 8.09. The summed E-state index contributed by atoms with van der Waals surface area (Å²) in [7, 11) is -2.09. The fraction of sp³-hybridized carbons (Fsp3) is 0.480. The summed E-state index contributed by atoms with van der Waals surface area (Å²) in [5.41, 5.74) is 2.52. The highest BCUT2D eigenvalue weighted by Gasteiger charge is 2.34. The maximum Gasteiger partial charge on any atom is 0.305 e. The van der Waals surface area contributed by atoms with Crippen LogP contribution in [0.5, 0.6) is 0 Å². The number of hydrogen-bond donors (Lipinski definition) is 0. The lowest BCUT2D eigenvalue weighted by Gasteiger charge is -2.21. The minimum atomic E-state index is -3.69. The van der Waals surface area contributed by atoms with E-state index in [4.69, 9.17) is 16.3 Å². The fourth-order valence-corrected chi connectivity index (χ4v) is 5.96. The van der Waals surface area contributed by atoms with Crippen LogP contribution >= 0.6 is 11.6 Å². The van der Waals surface area contributed by atoms with Crippen molar-refractivity contribution in [2.75, 3.05) is 18.0 Å². The number of esters is 1. The summed E-state index contributed by atoms with van der Waals surface area (Å²) in [5.74, 6) is -0.146. The molecule has 1 unspecified atom stereocenters. The third kappa shape index (κ3) is 5.65. The molecule has 0 fully saturated rings. The number of rotatable bonds is 10. The number of para-hydroxylation sites is 1. The highest BCUT2D eigenvalue weighted by atomic mass is 35.5. The van der Waals surface area contributed by atoms with E-state index in [1.807, 2.05) is 30.3 Å². The number of unbranched alkanes of at least 4 members (excludes halogenated alkanes) is 4. The monoisotopic (exact) mass is 477 g/mol. The van der Waals surface area contributed by atoms with Crippen LogP contribution in [0.4, 0.5) is 5.69 Å². The molecule has 32 heavy (non-hydrogen) atoms. The van der Waals surface area contributed by atoms with E-state index < -0.39 is 10.0 Å². The summed E-state index contributed by atoms with van der Waals surface area (Å²) in [4.78, 5) is 12.0. The van der Waals surface area contributed by atoms with Crippen molar-refractivity contribution in [2.24, 2.45) is 0 Å². The van der Waals surface area contributed by atoms with Crippen LogP contribution in [-0.4, -0.2) is 28.0 Å². The van der Waals surface area contributed by atoms with Crippen LogP contribution in [-0.2, 0) is 19.6 Å². The molecule has 1 aliphatic rings. The summed E-state index contributed by atoms with van der Waals surface area (Å²) < 4.78 is 33.1. The van der Waals surface area contributed by atoms with Crippen LogP contribution in [0.15, 0.2) is 47.4 Å². The third-order valence-electron chi connectivity index (χ3n) is 6.03. The fourth-order valence-electron chi connectivity index (χ4n) is 4.22. The van der Waals surface area contributed by atoms with Gasteiger partial charge in [0.15, 0.2) is 0 Å². The first-order valence-electron chi connectivity index (χ1n) is 11.4. The average Bonchev–Trinajstić information content (AvgIpc) is 2.84. The molecule has 0 aromatic heterocycles. The standard InChI is InChI=1S/C25H32ClNO4S/c1-3-4-17-31-25(28)14-8-6-5-7-11-20-21-12-9-10-13-23(21)27(2)32(29,30)24-18-19(26)15-16-22(20)24/h9-10,12-13,15-16,18,20H,3-8,11,14,17H2,1-2H3. The first kappa shape index (κ1) is 24.6. The van der Waals surface area contributed by atoms with Crippen molar-refractivity contribution >= 4 is 33.3 Å². The molecule has 0 saturated heterocycles. The number of benzene rings is 2. The molecule has 0 amide bonds. The van der Waals surface area contributed by atoms with Crippen molar-refractivity contribution in [1.29, 1.82) is 0 Å². The molecule has 0 N–H and O–H groups in total. The van der Waals surface area contributed by atoms with E-state index >= 15 is 0 Å². The molecule has 0 bridgehead atoms. The molecule has 2 aromatic rings. The molecule has 3 rings (SSSR count). The van der Waals surface area contributed by atoms with E-state index in [9.17, 15) is 13.2 Å². The highest BCUT2D eigenvalue weighted by molar-refractivity contribution is 7.92. The number of nitrogens with zero attached hydrogens (tertiary/aromatic N) is 1. The Morgan fingerprint density at radius 1 is 1.03 bits per heavy atom. The van der Waals surface area contributed by atoms with Gasteiger partial charge >= 0.3 is 5.97 Å². The minimum absolute atomic E-state index is 0.0304. The lowest BCUT2D eigenvalue weighted by Crippen LogP contribution is -2.26. The number of carbonyl (C=O) groups excluding carboxylic acids is 1. The molecule has 0 saturated carbocycles. The van der Waals surface area contributed by atoms with Gasteiger partial charge in [-0.2, -0.15) is 0 Å². The molecule has 0 radical (unpaired) electrons. The summed E-state index contributed by atoms with van der Waals surface area (Å²) >= 11 is 6.17. The number of fused-ring (bicyclic) bond motifs is 2. The quantitative estimate of drug-likeness (QED) is 0.298. The zero-order valence-electron chi connectivity index (χ0n) is 18.8. The number of sulfonamides is 1. The molecule has 1 atom stereocenters. The Hall–Kier alpha value is -2.05. The smallest absolute Gasteiger partial charge is 0.305 e. The second-order valence-corrected chi connectivity index (χ2v) is 10.7. The molecule has 0 aliphatic carbocycles. The summed E-state index contributed by atoms with van der Waals surface area (Å²) in [6.45, 7) is 2.58. The van der Waals surface area contributed by atoms with Gasteiger partial charge in [0, 0.05) is 24.4 Å². The van der Waals surface area contributed by atoms with E-state index in [0.29, 0.717) is 23.7 Å². The van der Waals surface area contributed by atoms with Gasteiger partial charge in [-0.3, -0.25) is 9.10 Å². The van der Waals surface area contributed by atoms with Crippen molar-refractivity contribution in [3.63, 3.8) is 0 Å². The number of hydrogen-bond acceptors (Lipinski definition) is 4. The lowest BCUT2D eigenvalue weighted by molar-refractivity contribution is -0.143. The van der Waals surface area contributed by atoms with Gasteiger partial charge in [0.1, 0.15) is 0 Å². The largest absolute Gasteiger partial charge is 0.466 e. The normalized spacial score (nSPS) is 16.7. The zero-order valence-corrected chi connectivity index (χ0v) is 20.4. The number of anilines is 1. The maximum absolute atomic E-state index is 13.3. The van der Waals surface area contributed by atoms with Crippen molar-refractivity contribution in [2.45, 2.75) is 69.1 Å². The predicted molar refractivity (Wildman–Crippen MR) is 129 cm³/mol. The Kier molecular flexibility index (Phi) is 8.60. The Morgan fingerprint density at radius 3 is 2.56 bits per heavy atom. The lowest BCUT2D eigenvalue weighted by atomic mass is 9.85. The first-order chi connectivity index (χ1) is 15.4. The summed E-state index contributed by atoms with van der Waals surface area (Å²) in [5, 5.41) is 0.413. The minimum Gasteiger partial charge on any atom is -0.466 e. The van der Waals surface area contributed by atoms with Crippen molar-refractivity contribution in [3.8, 4) is 0 Å². The number of carbonyl (C=O) groups is 1. The summed E-state index contributed by atoms with van der Waals surface area (Å²) in [6, 6.07) is 12.9. The van der Waals surface area contributed by atoms with Gasteiger partial charge in [0.2, 0.25) is 0 Å². The van der Waals surface area contributed by atoms with Gasteiger partial charge in [-0.1, -0.05) is 68.5 Å². The van der Waals surface area contributed by atoms with Crippen LogP contribution in [0.25, 0.3) is 0 Å². The van der Waals surface area contributed by atoms with Crippen LogP contribution in [0.1, 0.15) is 75.3 Å². The van der Waals surface area contributed by atoms with Crippen molar-refractivity contribution in [3.05, 3.63) is 58.6 Å². The molecule has 1 heterocycles. The van der Waals surface area contributed by atoms with E-state index in [2.05, 4.69) is 6.92 Å². The second-order valence-electron chi connectivity index (χ2n) is 8.29. The predicted octanol–water partition coefficient (Wildman–Crippen LogP) is 6.29. The Bertz CT molecular complexity index is 1040. The Labute approximate surface area is 196 Å². The molecule has 0 spiro atoms. The first-order valence-corrected chi connectivity index (χ1v) is 13.2. The molecule has 2 aromatic carbocycles. The molecular formula is C25H32ClNO4S. The Morgan fingerprint density at radius 2 is 1.78 bits per heavy atom. The Balaban J connectivity index is 1.69. The second kappa shape index (κ2) is 11.2. The van der Waals surface area contributed by atoms with Gasteiger partial charge in [-0.05, 0) is 48.6 Å². The van der Waals surface area contributed by atoms with Gasteiger partial charge in [-0.15, -0.1) is 0 Å². The maximum atomic E-state index is 13.3. The van der Waals surface area contributed by atoms with Gasteiger partial charge in [0.05, 0.1) is 17.2 Å². The molecule has 5 nitrogen and oxygen atoms in total. The van der Waals surface area contributed by atoms with E-state index in [-0.39, 0.29) is 16.8 Å². The number of ether oxygens (including phenoxy) is 1. The molecule has 174 valence electrons. The SMILES string of the molecule is CCCCOC(=O)CCCCCCC1c2ccccc2N(C)S(=O)(=O)c2cc(Cl)ccc21. The molecule has 7 heteroatoms. The molecule has 1 aliphatic heterocycles. The van der Waals surface area contributed by atoms with Crippen molar-refractivity contribution < 1.29 is 17.9 Å². The van der Waals surface area contributed by atoms with Gasteiger partial charge in [0.25, 0.3) is 10.0 Å². The van der Waals surface area contributed by atoms with Crippen LogP contribution < -0.4 is 4.31 Å². The van der Waals surface area contributed by atoms with Gasteiger partial charge in [-0.25, -0.2) is 8.42 Å². The molecular weight excluding hydrogens is 446 g/mol. The van der Waals surface area contributed by atoms with Crippen LogP contribution in [0, 0.1) is 0 Å². The van der Waals surface area contributed by atoms with Crippen LogP contribution in [0.2, 0.25) is 5.02 Å². The number of halogens is 1. The van der Waals surface area contributed by atoms with Crippen molar-refractivity contribution in [1.82, 2.24) is 0 Å². The zero-order chi connectivity index (χ0) is 23.1. The van der Waals surface area contributed by atoms with E-state index in [0.717, 1.165) is 56.1 Å². The van der Waals surface area contributed by atoms with Gasteiger partial charge < -0.3 is 4.74 Å². The van der Waals surface area contributed by atoms with E-state index in [1.54, 1.807) is 19.2 Å².